The molecule has 0 aliphatic carbocycles. The molecule has 2 heterocycles. The Morgan fingerprint density at radius 1 is 1.50 bits per heavy atom. The second-order valence-electron chi connectivity index (χ2n) is 2.86. The first-order valence-electron chi connectivity index (χ1n) is 3.81. The van der Waals surface area contributed by atoms with Crippen LogP contribution in [0.5, 0.6) is 0 Å². The molecule has 6 heteroatoms. The second-order valence-corrected chi connectivity index (χ2v) is 4.31. The van der Waals surface area contributed by atoms with Gasteiger partial charge in [0.1, 0.15) is 5.75 Å². The van der Waals surface area contributed by atoms with Gasteiger partial charge in [0.25, 0.3) is 10.1 Å². The van der Waals surface area contributed by atoms with Gasteiger partial charge in [-0.1, -0.05) is 0 Å². The van der Waals surface area contributed by atoms with Crippen LogP contribution in [0.15, 0.2) is 29.2 Å². The van der Waals surface area contributed by atoms with Gasteiger partial charge in [-0.05, 0) is 6.07 Å². The third kappa shape index (κ3) is 1.75. The summed E-state index contributed by atoms with van der Waals surface area (Å²) in [7, 11) is -4.04. The van der Waals surface area contributed by atoms with E-state index in [1.165, 1.54) is 18.7 Å². The minimum atomic E-state index is -4.04. The fourth-order valence-corrected chi connectivity index (χ4v) is 1.81. The highest BCUT2D eigenvalue weighted by molar-refractivity contribution is 7.85. The van der Waals surface area contributed by atoms with Crippen LogP contribution in [-0.2, 0) is 15.9 Å². The molecule has 74 valence electrons. The van der Waals surface area contributed by atoms with Crippen molar-refractivity contribution in [1.82, 2.24) is 4.98 Å². The van der Waals surface area contributed by atoms with Gasteiger partial charge in [-0.25, -0.2) is 0 Å². The molecule has 5 nitrogen and oxygen atoms in total. The van der Waals surface area contributed by atoms with Crippen LogP contribution in [0.4, 0.5) is 0 Å². The summed E-state index contributed by atoms with van der Waals surface area (Å²) in [6, 6.07) is 1.68. The van der Waals surface area contributed by atoms with Crippen LogP contribution in [-0.4, -0.2) is 18.0 Å². The molecule has 0 atom stereocenters. The molecule has 2 rings (SSSR count). The molecular weight excluding hydrogens is 206 g/mol. The van der Waals surface area contributed by atoms with Crippen LogP contribution >= 0.6 is 0 Å². The zero-order valence-electron chi connectivity index (χ0n) is 7.04. The molecule has 0 saturated carbocycles. The van der Waals surface area contributed by atoms with Crippen LogP contribution in [0, 0.1) is 0 Å². The largest absolute Gasteiger partial charge is 0.472 e. The maximum Gasteiger partial charge on any atom is 0.270 e. The maximum absolute atomic E-state index is 10.6. The second kappa shape index (κ2) is 3.07. The summed E-state index contributed by atoms with van der Waals surface area (Å²) >= 11 is 0. The molecule has 0 unspecified atom stereocenters. The van der Waals surface area contributed by atoms with Crippen molar-refractivity contribution in [2.75, 3.05) is 0 Å². The molecule has 0 aromatic carbocycles. The monoisotopic (exact) mass is 213 g/mol. The first-order chi connectivity index (χ1) is 6.56. The van der Waals surface area contributed by atoms with Crippen LogP contribution in [0.1, 0.15) is 5.69 Å². The standard InChI is InChI=1S/C8H7NO4S/c10-14(11,12)5-8-7-4-13-2-1-6(7)3-9-8/h1-4H,5H2,(H,10,11,12). The molecule has 0 aromatic heterocycles. The highest BCUT2D eigenvalue weighted by atomic mass is 32.2. The Labute approximate surface area is 80.5 Å². The first kappa shape index (κ1) is 9.17. The van der Waals surface area contributed by atoms with E-state index in [9.17, 15) is 8.42 Å². The zero-order chi connectivity index (χ0) is 10.2. The predicted octanol–water partition coefficient (Wildman–Crippen LogP) is 1.17. The normalized spacial score (nSPS) is 12.1. The molecule has 0 amide bonds. The molecule has 0 fully saturated rings. The highest BCUT2D eigenvalue weighted by Gasteiger charge is 2.16. The number of aromatic nitrogens is 1. The van der Waals surface area contributed by atoms with Gasteiger partial charge in [0, 0.05) is 17.3 Å². The number of fused-ring (bicyclic) bond motifs is 1. The fraction of sp³-hybridized carbons (Fsp3) is 0.125. The molecule has 0 spiro atoms. The fourth-order valence-electron chi connectivity index (χ4n) is 1.23. The summed E-state index contributed by atoms with van der Waals surface area (Å²) in [5.74, 6) is -0.490. The van der Waals surface area contributed by atoms with Gasteiger partial charge in [0.05, 0.1) is 18.2 Å². The van der Waals surface area contributed by atoms with Gasteiger partial charge in [-0.15, -0.1) is 0 Å². The molecular formula is C8H7NO4S. The van der Waals surface area contributed by atoms with Crippen molar-refractivity contribution >= 4 is 10.1 Å². The number of rotatable bonds is 2. The van der Waals surface area contributed by atoms with Crippen molar-refractivity contribution < 1.29 is 17.4 Å². The van der Waals surface area contributed by atoms with E-state index in [2.05, 4.69) is 4.98 Å². The van der Waals surface area contributed by atoms with Crippen molar-refractivity contribution in [2.24, 2.45) is 0 Å². The summed E-state index contributed by atoms with van der Waals surface area (Å²) in [4.78, 5) is 3.88. The number of nitrogens with zero attached hydrogens (tertiary/aromatic N) is 1. The van der Waals surface area contributed by atoms with Gasteiger partial charge in [0.2, 0.25) is 0 Å². The minimum Gasteiger partial charge on any atom is -0.472 e. The van der Waals surface area contributed by atoms with Gasteiger partial charge in [-0.2, -0.15) is 8.42 Å². The quantitative estimate of drug-likeness (QED) is 0.757. The Hall–Kier alpha value is -1.40. The van der Waals surface area contributed by atoms with Crippen molar-refractivity contribution in [1.29, 1.82) is 0 Å². The Morgan fingerprint density at radius 2 is 2.29 bits per heavy atom. The molecule has 0 aromatic rings. The average molecular weight is 213 g/mol. The lowest BCUT2D eigenvalue weighted by Crippen LogP contribution is -2.02. The molecule has 0 radical (unpaired) electrons. The minimum absolute atomic E-state index is 0.298. The third-order valence-corrected chi connectivity index (χ3v) is 2.45. The SMILES string of the molecule is O=S(=O)(O)Cc1ncc2ccocc1-2. The van der Waals surface area contributed by atoms with E-state index in [1.54, 1.807) is 6.07 Å². The van der Waals surface area contributed by atoms with Crippen LogP contribution in [0.3, 0.4) is 0 Å². The van der Waals surface area contributed by atoms with Gasteiger partial charge >= 0.3 is 0 Å². The van der Waals surface area contributed by atoms with Crippen molar-refractivity contribution in [3.05, 3.63) is 30.5 Å². The highest BCUT2D eigenvalue weighted by Crippen LogP contribution is 2.25. The van der Waals surface area contributed by atoms with E-state index in [0.717, 1.165) is 5.56 Å². The lowest BCUT2D eigenvalue weighted by Gasteiger charge is -1.98. The topological polar surface area (TPSA) is 80.4 Å². The van der Waals surface area contributed by atoms with Crippen LogP contribution in [0.25, 0.3) is 11.1 Å². The number of hydrogen-bond acceptors (Lipinski definition) is 4. The third-order valence-electron chi connectivity index (χ3n) is 1.81. The maximum atomic E-state index is 10.6. The van der Waals surface area contributed by atoms with Crippen molar-refractivity contribution in [2.45, 2.75) is 5.75 Å². The van der Waals surface area contributed by atoms with E-state index in [1.807, 2.05) is 0 Å². The van der Waals surface area contributed by atoms with Crippen LogP contribution < -0.4 is 0 Å². The first-order valence-corrected chi connectivity index (χ1v) is 5.42. The number of hydrogen-bond donors (Lipinski definition) is 1. The van der Waals surface area contributed by atoms with E-state index in [-0.39, 0.29) is 0 Å². The van der Waals surface area contributed by atoms with Gasteiger partial charge < -0.3 is 4.42 Å². The Bertz CT molecular complexity index is 516. The lowest BCUT2D eigenvalue weighted by atomic mass is 10.1. The molecule has 0 saturated heterocycles. The van der Waals surface area contributed by atoms with Gasteiger partial charge in [-0.3, -0.25) is 9.54 Å². The average Bonchev–Trinajstić information content (AvgIpc) is 2.47. The summed E-state index contributed by atoms with van der Waals surface area (Å²) in [5.41, 5.74) is 1.69. The smallest absolute Gasteiger partial charge is 0.270 e. The van der Waals surface area contributed by atoms with Crippen molar-refractivity contribution in [3.63, 3.8) is 0 Å². The Morgan fingerprint density at radius 3 is 3.00 bits per heavy atom. The summed E-state index contributed by atoms with van der Waals surface area (Å²) in [6.07, 6.45) is 4.41. The molecule has 2 aliphatic rings. The molecule has 0 bridgehead atoms. The van der Waals surface area contributed by atoms with E-state index >= 15 is 0 Å². The summed E-state index contributed by atoms with van der Waals surface area (Å²) < 4.78 is 34.8. The van der Waals surface area contributed by atoms with E-state index in [0.29, 0.717) is 11.3 Å². The molecule has 1 N–H and O–H groups in total. The molecule has 14 heavy (non-hydrogen) atoms. The van der Waals surface area contributed by atoms with Crippen LogP contribution in [0.2, 0.25) is 0 Å². The molecule has 2 aliphatic heterocycles. The lowest BCUT2D eigenvalue weighted by molar-refractivity contribution is 0.481. The predicted molar refractivity (Wildman–Crippen MR) is 48.4 cm³/mol. The summed E-state index contributed by atoms with van der Waals surface area (Å²) in [6.45, 7) is 0. The van der Waals surface area contributed by atoms with Crippen molar-refractivity contribution in [3.8, 4) is 11.1 Å². The zero-order valence-corrected chi connectivity index (χ0v) is 7.86. The van der Waals surface area contributed by atoms with E-state index < -0.39 is 15.9 Å². The summed E-state index contributed by atoms with van der Waals surface area (Å²) in [5, 5.41) is 0. The van der Waals surface area contributed by atoms with Gasteiger partial charge in [0.15, 0.2) is 0 Å². The Balaban J connectivity index is 2.46. The van der Waals surface area contributed by atoms with E-state index in [4.69, 9.17) is 8.97 Å². The Kier molecular flexibility index (Phi) is 2.01.